The van der Waals surface area contributed by atoms with Crippen LogP contribution in [-0.2, 0) is 0 Å². The highest BCUT2D eigenvalue weighted by atomic mass is 14.1. The summed E-state index contributed by atoms with van der Waals surface area (Å²) in [5, 5.41) is 0. The van der Waals surface area contributed by atoms with Crippen LogP contribution in [0.15, 0.2) is 0 Å². The molecule has 0 bridgehead atoms. The summed E-state index contributed by atoms with van der Waals surface area (Å²) in [6.45, 7) is 12.6. The van der Waals surface area contributed by atoms with Gasteiger partial charge in [-0.1, -0.05) is 26.2 Å². The van der Waals surface area contributed by atoms with Crippen LogP contribution in [0.5, 0.6) is 0 Å². The molecule has 0 heterocycles. The maximum Gasteiger partial charge on any atom is 0.0258 e. The third-order valence-corrected chi connectivity index (χ3v) is 1.75. The molecule has 69 valence electrons. The van der Waals surface area contributed by atoms with Crippen LogP contribution in [0.25, 0.3) is 0 Å². The van der Waals surface area contributed by atoms with Crippen LogP contribution in [0.2, 0.25) is 0 Å². The molecule has 0 aliphatic carbocycles. The highest BCUT2D eigenvalue weighted by molar-refractivity contribution is 5.09. The Morgan fingerprint density at radius 1 is 1.42 bits per heavy atom. The van der Waals surface area contributed by atoms with Crippen LogP contribution in [0.3, 0.4) is 0 Å². The fraction of sp³-hybridized carbons (Fsp3) is 0.750. The largest absolute Gasteiger partial charge is 0.102 e. The lowest BCUT2D eigenvalue weighted by molar-refractivity contribution is 0.451. The van der Waals surface area contributed by atoms with Crippen LogP contribution in [0, 0.1) is 30.1 Å². The lowest BCUT2D eigenvalue weighted by Crippen LogP contribution is -2.06. The Morgan fingerprint density at radius 3 is 2.42 bits per heavy atom. The van der Waals surface area contributed by atoms with Gasteiger partial charge in [0.25, 0.3) is 0 Å². The molecule has 0 fully saturated rings. The van der Waals surface area contributed by atoms with Crippen LogP contribution >= 0.6 is 0 Å². The highest BCUT2D eigenvalue weighted by Gasteiger charge is 2.11. The van der Waals surface area contributed by atoms with Gasteiger partial charge in [0, 0.05) is 11.8 Å². The van der Waals surface area contributed by atoms with Gasteiger partial charge in [-0.2, -0.15) is 0 Å². The van der Waals surface area contributed by atoms with Gasteiger partial charge in [0.2, 0.25) is 0 Å². The first-order chi connectivity index (χ1) is 5.48. The van der Waals surface area contributed by atoms with Crippen LogP contribution in [0.4, 0.5) is 0 Å². The summed E-state index contributed by atoms with van der Waals surface area (Å²) in [7, 11) is 0. The molecular formula is C12H21. The average molecular weight is 165 g/mol. The summed E-state index contributed by atoms with van der Waals surface area (Å²) in [5.41, 5.74) is 0.198. The zero-order chi connectivity index (χ0) is 9.61. The van der Waals surface area contributed by atoms with E-state index in [0.29, 0.717) is 5.92 Å². The lowest BCUT2D eigenvalue weighted by Gasteiger charge is -2.15. The van der Waals surface area contributed by atoms with Crippen molar-refractivity contribution in [1.82, 2.24) is 0 Å². The molecule has 0 saturated heterocycles. The maximum absolute atomic E-state index is 3.90. The Kier molecular flexibility index (Phi) is 5.06. The topological polar surface area (TPSA) is 0 Å². The molecule has 1 atom stereocenters. The minimum absolute atomic E-state index is 0.198. The van der Waals surface area contributed by atoms with Crippen molar-refractivity contribution in [3.63, 3.8) is 0 Å². The van der Waals surface area contributed by atoms with E-state index in [4.69, 9.17) is 0 Å². The summed E-state index contributed by atoms with van der Waals surface area (Å²) in [6.07, 6.45) is 3.32. The lowest BCUT2D eigenvalue weighted by atomic mass is 9.88. The molecule has 0 heteroatoms. The van der Waals surface area contributed by atoms with Crippen LogP contribution in [0.1, 0.15) is 47.0 Å². The Hall–Kier alpha value is -0.440. The second-order valence-electron chi connectivity index (χ2n) is 4.24. The molecule has 12 heavy (non-hydrogen) atoms. The molecule has 0 N–H and O–H groups in total. The maximum atomic E-state index is 3.90. The van der Waals surface area contributed by atoms with E-state index in [1.807, 2.05) is 0 Å². The third kappa shape index (κ3) is 6.28. The van der Waals surface area contributed by atoms with E-state index < -0.39 is 0 Å². The van der Waals surface area contributed by atoms with Gasteiger partial charge in [-0.25, -0.2) is 0 Å². The fourth-order valence-electron chi connectivity index (χ4n) is 1.15. The molecule has 0 nitrogen and oxygen atoms in total. The van der Waals surface area contributed by atoms with Gasteiger partial charge in [-0.3, -0.25) is 0 Å². The Bertz CT molecular complexity index is 164. The van der Waals surface area contributed by atoms with Gasteiger partial charge < -0.3 is 0 Å². The first kappa shape index (κ1) is 11.6. The second-order valence-corrected chi connectivity index (χ2v) is 4.24. The number of hydrogen-bond donors (Lipinski definition) is 0. The quantitative estimate of drug-likeness (QED) is 0.560. The van der Waals surface area contributed by atoms with E-state index in [0.717, 1.165) is 6.42 Å². The Balaban J connectivity index is 3.91. The van der Waals surface area contributed by atoms with Crippen molar-refractivity contribution >= 4 is 0 Å². The van der Waals surface area contributed by atoms with Gasteiger partial charge in [-0.05, 0) is 33.1 Å². The van der Waals surface area contributed by atoms with Crippen molar-refractivity contribution in [2.75, 3.05) is 0 Å². The zero-order valence-electron chi connectivity index (χ0n) is 8.91. The van der Waals surface area contributed by atoms with E-state index in [1.165, 1.54) is 12.8 Å². The zero-order valence-corrected chi connectivity index (χ0v) is 8.91. The molecule has 1 unspecified atom stereocenters. The van der Waals surface area contributed by atoms with Gasteiger partial charge in [0.15, 0.2) is 0 Å². The fourth-order valence-corrected chi connectivity index (χ4v) is 1.15. The number of hydrogen-bond acceptors (Lipinski definition) is 0. The Labute approximate surface area is 77.8 Å². The van der Waals surface area contributed by atoms with Crippen molar-refractivity contribution in [3.8, 4) is 11.8 Å². The van der Waals surface area contributed by atoms with E-state index in [2.05, 4.69) is 46.5 Å². The van der Waals surface area contributed by atoms with Crippen LogP contribution < -0.4 is 0 Å². The van der Waals surface area contributed by atoms with E-state index in [9.17, 15) is 0 Å². The summed E-state index contributed by atoms with van der Waals surface area (Å²) in [4.78, 5) is 0. The first-order valence-corrected chi connectivity index (χ1v) is 4.81. The molecule has 0 spiro atoms. The summed E-state index contributed by atoms with van der Waals surface area (Å²) in [5.74, 6) is 6.95. The van der Waals surface area contributed by atoms with E-state index >= 15 is 0 Å². The van der Waals surface area contributed by atoms with Crippen molar-refractivity contribution in [3.05, 3.63) is 6.92 Å². The molecule has 0 aliphatic rings. The van der Waals surface area contributed by atoms with Crippen molar-refractivity contribution in [2.24, 2.45) is 11.3 Å². The molecule has 0 aliphatic heterocycles. The minimum atomic E-state index is 0.198. The van der Waals surface area contributed by atoms with E-state index in [-0.39, 0.29) is 5.41 Å². The van der Waals surface area contributed by atoms with Crippen molar-refractivity contribution in [1.29, 1.82) is 0 Å². The van der Waals surface area contributed by atoms with E-state index in [1.54, 1.807) is 0 Å². The van der Waals surface area contributed by atoms with Gasteiger partial charge in [0.1, 0.15) is 0 Å². The molecule has 0 saturated carbocycles. The van der Waals surface area contributed by atoms with Gasteiger partial charge >= 0.3 is 0 Å². The molecule has 0 aromatic heterocycles. The van der Waals surface area contributed by atoms with Crippen LogP contribution in [-0.4, -0.2) is 0 Å². The third-order valence-electron chi connectivity index (χ3n) is 1.75. The molecular weight excluding hydrogens is 144 g/mol. The summed E-state index contributed by atoms with van der Waals surface area (Å²) < 4.78 is 0. The minimum Gasteiger partial charge on any atom is -0.102 e. The smallest absolute Gasteiger partial charge is 0.0258 e. The highest BCUT2D eigenvalue weighted by Crippen LogP contribution is 2.20. The monoisotopic (exact) mass is 165 g/mol. The molecule has 0 amide bonds. The first-order valence-electron chi connectivity index (χ1n) is 4.81. The summed E-state index contributed by atoms with van der Waals surface area (Å²) in [6, 6.07) is 0. The SMILES string of the molecule is [CH2]C(C)CC#CC(C)(C)CCC. The average Bonchev–Trinajstić information content (AvgIpc) is 1.85. The predicted molar refractivity (Wildman–Crippen MR) is 55.6 cm³/mol. The van der Waals surface area contributed by atoms with Gasteiger partial charge in [0.05, 0.1) is 0 Å². The van der Waals surface area contributed by atoms with Crippen molar-refractivity contribution < 1.29 is 0 Å². The summed E-state index contributed by atoms with van der Waals surface area (Å²) >= 11 is 0. The Morgan fingerprint density at radius 2 is 2.00 bits per heavy atom. The normalized spacial score (nSPS) is 11.2. The number of rotatable bonds is 3. The van der Waals surface area contributed by atoms with Gasteiger partial charge in [-0.15, -0.1) is 5.92 Å². The second kappa shape index (κ2) is 5.25. The predicted octanol–water partition coefficient (Wildman–Crippen LogP) is 3.68. The molecule has 0 aromatic carbocycles. The van der Waals surface area contributed by atoms with Crippen molar-refractivity contribution in [2.45, 2.75) is 47.0 Å². The molecule has 0 aromatic rings. The molecule has 1 radical (unpaired) electrons. The standard InChI is InChI=1S/C12H21/c1-6-9-12(4,5)10-7-8-11(2)3/h11H,2,6,8-9H2,1,3-5H3. The molecule has 0 rings (SSSR count).